The first-order valence-corrected chi connectivity index (χ1v) is 5.41. The summed E-state index contributed by atoms with van der Waals surface area (Å²) in [7, 11) is 6.05. The van der Waals surface area contributed by atoms with Gasteiger partial charge in [0, 0.05) is 6.61 Å². The van der Waals surface area contributed by atoms with Crippen molar-refractivity contribution in [2.24, 2.45) is 0 Å². The summed E-state index contributed by atoms with van der Waals surface area (Å²) in [4.78, 5) is 0. The average Bonchev–Trinajstić information content (AvgIpc) is 2.03. The third kappa shape index (κ3) is 2.99. The fourth-order valence-corrected chi connectivity index (χ4v) is 1.28. The third-order valence-electron chi connectivity index (χ3n) is 3.12. The van der Waals surface area contributed by atoms with Gasteiger partial charge >= 0.3 is 0 Å². The first-order chi connectivity index (χ1) is 6.33. The lowest BCUT2D eigenvalue weighted by molar-refractivity contribution is -0.223. The molecule has 1 saturated heterocycles. The molecule has 14 heavy (non-hydrogen) atoms. The van der Waals surface area contributed by atoms with Crippen LogP contribution >= 0.6 is 0 Å². The number of ether oxygens (including phenoxy) is 2. The van der Waals surface area contributed by atoms with E-state index in [0.29, 0.717) is 0 Å². The Morgan fingerprint density at radius 2 is 1.86 bits per heavy atom. The average molecular weight is 196 g/mol. The highest BCUT2D eigenvalue weighted by molar-refractivity contribution is 6.15. The molecule has 1 unspecified atom stereocenters. The molecule has 0 saturated carbocycles. The monoisotopic (exact) mass is 196 g/mol. The molecule has 0 aromatic heterocycles. The molecule has 0 spiro atoms. The molecule has 0 aromatic rings. The number of hydrogen-bond donors (Lipinski definition) is 0. The van der Waals surface area contributed by atoms with Crippen LogP contribution < -0.4 is 0 Å². The lowest BCUT2D eigenvalue weighted by atomic mass is 9.62. The van der Waals surface area contributed by atoms with Gasteiger partial charge in [-0.25, -0.2) is 0 Å². The molecule has 1 atom stereocenters. The van der Waals surface area contributed by atoms with E-state index in [2.05, 4.69) is 0 Å². The van der Waals surface area contributed by atoms with Crippen molar-refractivity contribution >= 4 is 7.85 Å². The first kappa shape index (κ1) is 12.1. The largest absolute Gasteiger partial charge is 0.353 e. The van der Waals surface area contributed by atoms with Gasteiger partial charge in [0.05, 0.1) is 13.4 Å². The van der Waals surface area contributed by atoms with Gasteiger partial charge in [-0.2, -0.15) is 0 Å². The molecular weight excluding hydrogens is 175 g/mol. The van der Waals surface area contributed by atoms with E-state index in [9.17, 15) is 0 Å². The quantitative estimate of drug-likeness (QED) is 0.646. The van der Waals surface area contributed by atoms with Gasteiger partial charge in [0.25, 0.3) is 0 Å². The smallest absolute Gasteiger partial charge is 0.158 e. The van der Waals surface area contributed by atoms with Gasteiger partial charge in [-0.1, -0.05) is 13.8 Å². The van der Waals surface area contributed by atoms with Crippen LogP contribution in [-0.2, 0) is 9.47 Å². The van der Waals surface area contributed by atoms with E-state index in [1.165, 1.54) is 6.42 Å². The summed E-state index contributed by atoms with van der Waals surface area (Å²) < 4.78 is 11.4. The van der Waals surface area contributed by atoms with Crippen LogP contribution in [-0.4, -0.2) is 26.3 Å². The predicted octanol–water partition coefficient (Wildman–Crippen LogP) is 2.68. The van der Waals surface area contributed by atoms with Crippen LogP contribution in [0.25, 0.3) is 0 Å². The maximum Gasteiger partial charge on any atom is 0.158 e. The zero-order valence-corrected chi connectivity index (χ0v) is 9.80. The molecule has 0 bridgehead atoms. The molecule has 80 valence electrons. The Balaban J connectivity index is 2.49. The highest BCUT2D eigenvalue weighted by Gasteiger charge is 2.36. The fraction of sp³-hybridized carbons (Fsp3) is 1.00. The summed E-state index contributed by atoms with van der Waals surface area (Å²) in [5, 5.41) is -0.353. The zero-order valence-electron chi connectivity index (χ0n) is 9.80. The van der Waals surface area contributed by atoms with E-state index in [1.807, 2.05) is 27.7 Å². The van der Waals surface area contributed by atoms with Gasteiger partial charge in [-0.05, 0) is 38.4 Å². The van der Waals surface area contributed by atoms with Crippen molar-refractivity contribution in [3.05, 3.63) is 0 Å². The second-order valence-electron chi connectivity index (χ2n) is 5.15. The zero-order chi connectivity index (χ0) is 10.8. The Kier molecular flexibility index (Phi) is 3.65. The molecule has 1 aliphatic heterocycles. The van der Waals surface area contributed by atoms with Crippen molar-refractivity contribution < 1.29 is 9.47 Å². The molecule has 2 nitrogen and oxygen atoms in total. The lowest BCUT2D eigenvalue weighted by Crippen LogP contribution is -2.41. The maximum atomic E-state index is 6.05. The van der Waals surface area contributed by atoms with Gasteiger partial charge in [-0.15, -0.1) is 0 Å². The molecule has 0 aromatic carbocycles. The molecular formula is C11H21BO2. The van der Waals surface area contributed by atoms with E-state index in [-0.39, 0.29) is 17.2 Å². The van der Waals surface area contributed by atoms with Crippen molar-refractivity contribution in [2.75, 3.05) is 6.61 Å². The van der Waals surface area contributed by atoms with Crippen molar-refractivity contribution in [3.8, 4) is 0 Å². The lowest BCUT2D eigenvalue weighted by Gasteiger charge is -2.42. The Morgan fingerprint density at radius 1 is 1.21 bits per heavy atom. The van der Waals surface area contributed by atoms with Crippen molar-refractivity contribution in [1.82, 2.24) is 0 Å². The minimum Gasteiger partial charge on any atom is -0.353 e. The summed E-state index contributed by atoms with van der Waals surface area (Å²) in [5.41, 5.74) is -0.352. The summed E-state index contributed by atoms with van der Waals surface area (Å²) in [6, 6.07) is 0. The molecule has 2 radical (unpaired) electrons. The second-order valence-corrected chi connectivity index (χ2v) is 5.15. The van der Waals surface area contributed by atoms with Gasteiger partial charge in [0.15, 0.2) is 6.29 Å². The molecule has 1 aliphatic rings. The standard InChI is InChI=1S/C11H21BO2/c1-10(2,12)11(3,4)14-9-7-5-6-8-13-9/h9H,5-8H2,1-4H3. The van der Waals surface area contributed by atoms with Gasteiger partial charge in [-0.3, -0.25) is 0 Å². The van der Waals surface area contributed by atoms with Crippen LogP contribution in [0.15, 0.2) is 0 Å². The first-order valence-electron chi connectivity index (χ1n) is 5.41. The predicted molar refractivity (Wildman–Crippen MR) is 58.6 cm³/mol. The van der Waals surface area contributed by atoms with E-state index >= 15 is 0 Å². The Hall–Kier alpha value is -0.0151. The number of rotatable bonds is 3. The van der Waals surface area contributed by atoms with Gasteiger partial charge in [0.1, 0.15) is 0 Å². The van der Waals surface area contributed by atoms with Crippen molar-refractivity contribution in [3.63, 3.8) is 0 Å². The van der Waals surface area contributed by atoms with E-state index in [0.717, 1.165) is 19.4 Å². The van der Waals surface area contributed by atoms with Crippen LogP contribution in [0.4, 0.5) is 0 Å². The normalized spacial score (nSPS) is 25.0. The Morgan fingerprint density at radius 3 is 2.29 bits per heavy atom. The van der Waals surface area contributed by atoms with Crippen LogP contribution in [0, 0.1) is 0 Å². The highest BCUT2D eigenvalue weighted by Crippen LogP contribution is 2.38. The third-order valence-corrected chi connectivity index (χ3v) is 3.12. The molecule has 0 aliphatic carbocycles. The van der Waals surface area contributed by atoms with Crippen LogP contribution in [0.2, 0.25) is 5.31 Å². The van der Waals surface area contributed by atoms with Crippen molar-refractivity contribution in [2.45, 2.75) is 64.2 Å². The fourth-order valence-electron chi connectivity index (χ4n) is 1.28. The molecule has 1 rings (SSSR count). The summed E-state index contributed by atoms with van der Waals surface area (Å²) in [5.74, 6) is 0. The SMILES string of the molecule is [B]C(C)(C)C(C)(C)OC1CCCCO1. The minimum atomic E-state index is -0.353. The Labute approximate surface area is 88.8 Å². The van der Waals surface area contributed by atoms with Gasteiger partial charge in [0.2, 0.25) is 0 Å². The van der Waals surface area contributed by atoms with Crippen LogP contribution in [0.5, 0.6) is 0 Å². The topological polar surface area (TPSA) is 18.5 Å². The molecule has 1 heterocycles. The van der Waals surface area contributed by atoms with Gasteiger partial charge < -0.3 is 9.47 Å². The summed E-state index contributed by atoms with van der Waals surface area (Å²) in [6.07, 6.45) is 3.25. The minimum absolute atomic E-state index is 0.0680. The van der Waals surface area contributed by atoms with E-state index in [4.69, 9.17) is 17.3 Å². The molecule has 0 N–H and O–H groups in total. The van der Waals surface area contributed by atoms with E-state index in [1.54, 1.807) is 0 Å². The summed E-state index contributed by atoms with van der Waals surface area (Å²) in [6.45, 7) is 8.81. The van der Waals surface area contributed by atoms with E-state index < -0.39 is 0 Å². The molecule has 3 heteroatoms. The molecule has 0 amide bonds. The van der Waals surface area contributed by atoms with Crippen LogP contribution in [0.3, 0.4) is 0 Å². The maximum absolute atomic E-state index is 6.05. The number of hydrogen-bond acceptors (Lipinski definition) is 2. The summed E-state index contributed by atoms with van der Waals surface area (Å²) >= 11 is 0. The van der Waals surface area contributed by atoms with Crippen LogP contribution in [0.1, 0.15) is 47.0 Å². The second kappa shape index (κ2) is 4.24. The van der Waals surface area contributed by atoms with Crippen molar-refractivity contribution in [1.29, 1.82) is 0 Å². The highest BCUT2D eigenvalue weighted by atomic mass is 16.7. The Bertz CT molecular complexity index is 178. The molecule has 1 fully saturated rings.